The molecule has 0 amide bonds. The molecule has 1 atom stereocenters. The molecule has 0 radical (unpaired) electrons. The highest BCUT2D eigenvalue weighted by molar-refractivity contribution is 14.0. The van der Waals surface area contributed by atoms with Crippen molar-refractivity contribution in [2.75, 3.05) is 53.6 Å². The number of halogens is 1. The van der Waals surface area contributed by atoms with Gasteiger partial charge >= 0.3 is 0 Å². The fourth-order valence-electron chi connectivity index (χ4n) is 3.50. The zero-order chi connectivity index (χ0) is 21.9. The van der Waals surface area contributed by atoms with Crippen molar-refractivity contribution >= 4 is 29.9 Å². The fourth-order valence-corrected chi connectivity index (χ4v) is 3.50. The topological polar surface area (TPSA) is 80.2 Å². The number of aromatic nitrogens is 1. The molecule has 3 rings (SSSR count). The number of pyridine rings is 1. The largest absolute Gasteiger partial charge is 0.497 e. The Labute approximate surface area is 207 Å². The number of ether oxygens (including phenoxy) is 3. The highest BCUT2D eigenvalue weighted by atomic mass is 127. The summed E-state index contributed by atoms with van der Waals surface area (Å²) >= 11 is 0. The Bertz CT molecular complexity index is 811. The number of morpholine rings is 1. The number of benzene rings is 1. The predicted molar refractivity (Wildman–Crippen MR) is 137 cm³/mol. The van der Waals surface area contributed by atoms with Crippen molar-refractivity contribution in [1.82, 2.24) is 20.5 Å². The van der Waals surface area contributed by atoms with Crippen LogP contribution in [-0.4, -0.2) is 69.5 Å². The van der Waals surface area contributed by atoms with Crippen LogP contribution < -0.4 is 20.1 Å². The molecule has 9 heteroatoms. The van der Waals surface area contributed by atoms with Gasteiger partial charge in [-0.15, -0.1) is 24.0 Å². The molecule has 2 N–H and O–H groups in total. The van der Waals surface area contributed by atoms with E-state index in [0.717, 1.165) is 56.7 Å². The molecule has 0 saturated carbocycles. The lowest BCUT2D eigenvalue weighted by atomic mass is 10.0. The van der Waals surface area contributed by atoms with E-state index >= 15 is 0 Å². The Balaban J connectivity index is 0.00000363. The molecule has 32 heavy (non-hydrogen) atoms. The molecule has 1 fully saturated rings. The summed E-state index contributed by atoms with van der Waals surface area (Å²) in [4.78, 5) is 11.4. The van der Waals surface area contributed by atoms with E-state index in [0.29, 0.717) is 12.4 Å². The average Bonchev–Trinajstić information content (AvgIpc) is 2.84. The fraction of sp³-hybridized carbons (Fsp3) is 0.478. The van der Waals surface area contributed by atoms with Gasteiger partial charge in [0.2, 0.25) is 5.88 Å². The van der Waals surface area contributed by atoms with Crippen molar-refractivity contribution in [2.45, 2.75) is 19.5 Å². The van der Waals surface area contributed by atoms with Crippen molar-refractivity contribution in [3.63, 3.8) is 0 Å². The van der Waals surface area contributed by atoms with E-state index in [2.05, 4.69) is 39.6 Å². The van der Waals surface area contributed by atoms with Crippen LogP contribution in [0.4, 0.5) is 0 Å². The maximum absolute atomic E-state index is 5.56. The van der Waals surface area contributed by atoms with Crippen LogP contribution >= 0.6 is 24.0 Å². The number of hydrogen-bond donors (Lipinski definition) is 2. The van der Waals surface area contributed by atoms with Crippen LogP contribution in [0.15, 0.2) is 47.6 Å². The van der Waals surface area contributed by atoms with Crippen LogP contribution in [0, 0.1) is 0 Å². The lowest BCUT2D eigenvalue weighted by molar-refractivity contribution is 0.0170. The molecule has 8 nitrogen and oxygen atoms in total. The molecular formula is C23H34IN5O3. The van der Waals surface area contributed by atoms with Gasteiger partial charge in [0.1, 0.15) is 5.75 Å². The number of methoxy groups -OCH3 is 2. The third-order valence-corrected chi connectivity index (χ3v) is 5.22. The predicted octanol–water partition coefficient (Wildman–Crippen LogP) is 2.85. The van der Waals surface area contributed by atoms with Gasteiger partial charge in [0, 0.05) is 38.4 Å². The molecule has 0 spiro atoms. The molecule has 1 aliphatic rings. The highest BCUT2D eigenvalue weighted by Crippen LogP contribution is 2.23. The van der Waals surface area contributed by atoms with Crippen LogP contribution in [0.5, 0.6) is 11.6 Å². The SMILES string of the molecule is CCNC(=NCc1ccc(OC)nc1)NCC(c1ccc(OC)cc1)N1CCOCC1.I. The first-order valence-electron chi connectivity index (χ1n) is 10.7. The van der Waals surface area contributed by atoms with E-state index in [1.807, 2.05) is 24.3 Å². The molecule has 176 valence electrons. The van der Waals surface area contributed by atoms with Gasteiger partial charge in [-0.3, -0.25) is 4.90 Å². The quantitative estimate of drug-likeness (QED) is 0.280. The first-order chi connectivity index (χ1) is 15.2. The number of aliphatic imine (C=N–C) groups is 1. The molecular weight excluding hydrogens is 521 g/mol. The van der Waals surface area contributed by atoms with Crippen LogP contribution in [0.25, 0.3) is 0 Å². The summed E-state index contributed by atoms with van der Waals surface area (Å²) in [6.07, 6.45) is 1.79. The van der Waals surface area contributed by atoms with Crippen molar-refractivity contribution in [3.05, 3.63) is 53.7 Å². The van der Waals surface area contributed by atoms with E-state index in [1.54, 1.807) is 20.4 Å². The maximum atomic E-state index is 5.56. The van der Waals surface area contributed by atoms with Gasteiger partial charge in [-0.2, -0.15) is 0 Å². The van der Waals surface area contributed by atoms with E-state index in [4.69, 9.17) is 19.2 Å². The zero-order valence-electron chi connectivity index (χ0n) is 19.0. The number of nitrogens with one attached hydrogen (secondary N) is 2. The van der Waals surface area contributed by atoms with Gasteiger partial charge in [-0.05, 0) is 30.2 Å². The third-order valence-electron chi connectivity index (χ3n) is 5.22. The number of rotatable bonds is 9. The monoisotopic (exact) mass is 555 g/mol. The standard InChI is InChI=1S/C23H33N5O3.HI/c1-4-24-23(26-16-18-5-10-22(30-3)25-15-18)27-17-21(28-11-13-31-14-12-28)19-6-8-20(29-2)9-7-19;/h5-10,15,21H,4,11-14,16-17H2,1-3H3,(H2,24,26,27);1H. The zero-order valence-corrected chi connectivity index (χ0v) is 21.4. The first-order valence-corrected chi connectivity index (χ1v) is 10.7. The summed E-state index contributed by atoms with van der Waals surface area (Å²) in [5.41, 5.74) is 2.27. The molecule has 0 aliphatic carbocycles. The van der Waals surface area contributed by atoms with Gasteiger partial charge in [-0.1, -0.05) is 18.2 Å². The number of nitrogens with zero attached hydrogens (tertiary/aromatic N) is 3. The van der Waals surface area contributed by atoms with E-state index < -0.39 is 0 Å². The van der Waals surface area contributed by atoms with Crippen LogP contribution in [-0.2, 0) is 11.3 Å². The average molecular weight is 555 g/mol. The second-order valence-corrected chi connectivity index (χ2v) is 7.22. The first kappa shape index (κ1) is 26.1. The Hall–Kier alpha value is -2.11. The molecule has 1 aromatic carbocycles. The molecule has 2 heterocycles. The smallest absolute Gasteiger partial charge is 0.212 e. The van der Waals surface area contributed by atoms with Gasteiger partial charge in [0.15, 0.2) is 5.96 Å². The molecule has 2 aromatic rings. The van der Waals surface area contributed by atoms with Gasteiger partial charge in [-0.25, -0.2) is 9.98 Å². The second-order valence-electron chi connectivity index (χ2n) is 7.22. The Morgan fingerprint density at radius 3 is 2.44 bits per heavy atom. The minimum atomic E-state index is 0. The van der Waals surface area contributed by atoms with Crippen LogP contribution in [0.3, 0.4) is 0 Å². The summed E-state index contributed by atoms with van der Waals surface area (Å²) in [5, 5.41) is 6.85. The minimum Gasteiger partial charge on any atom is -0.497 e. The van der Waals surface area contributed by atoms with E-state index in [1.165, 1.54) is 5.56 Å². The Kier molecular flexibility index (Phi) is 11.5. The summed E-state index contributed by atoms with van der Waals surface area (Å²) in [7, 11) is 3.30. The molecule has 1 saturated heterocycles. The van der Waals surface area contributed by atoms with Crippen molar-refractivity contribution in [1.29, 1.82) is 0 Å². The minimum absolute atomic E-state index is 0. The van der Waals surface area contributed by atoms with E-state index in [9.17, 15) is 0 Å². The third kappa shape index (κ3) is 7.79. The molecule has 0 bridgehead atoms. The van der Waals surface area contributed by atoms with E-state index in [-0.39, 0.29) is 30.0 Å². The number of hydrogen-bond acceptors (Lipinski definition) is 6. The van der Waals surface area contributed by atoms with Gasteiger partial charge < -0.3 is 24.8 Å². The molecule has 1 unspecified atom stereocenters. The summed E-state index contributed by atoms with van der Waals surface area (Å²) in [6.45, 7) is 7.45. The molecule has 1 aliphatic heterocycles. The van der Waals surface area contributed by atoms with Crippen molar-refractivity contribution in [3.8, 4) is 11.6 Å². The summed E-state index contributed by atoms with van der Waals surface area (Å²) in [6, 6.07) is 12.3. The van der Waals surface area contributed by atoms with Crippen LogP contribution in [0.2, 0.25) is 0 Å². The van der Waals surface area contributed by atoms with Crippen molar-refractivity contribution in [2.24, 2.45) is 4.99 Å². The molecule has 1 aromatic heterocycles. The van der Waals surface area contributed by atoms with Gasteiger partial charge in [0.05, 0.1) is 40.0 Å². The summed E-state index contributed by atoms with van der Waals surface area (Å²) < 4.78 is 16.0. The normalized spacial score (nSPS) is 15.4. The Morgan fingerprint density at radius 1 is 1.09 bits per heavy atom. The maximum Gasteiger partial charge on any atom is 0.212 e. The lowest BCUT2D eigenvalue weighted by Crippen LogP contribution is -2.46. The highest BCUT2D eigenvalue weighted by Gasteiger charge is 2.23. The number of guanidine groups is 1. The lowest BCUT2D eigenvalue weighted by Gasteiger charge is -2.35. The summed E-state index contributed by atoms with van der Waals surface area (Å²) in [5.74, 6) is 2.25. The second kappa shape index (κ2) is 14.1. The Morgan fingerprint density at radius 2 is 1.84 bits per heavy atom. The van der Waals surface area contributed by atoms with Crippen LogP contribution in [0.1, 0.15) is 24.1 Å². The van der Waals surface area contributed by atoms with Gasteiger partial charge in [0.25, 0.3) is 0 Å². The van der Waals surface area contributed by atoms with Crippen molar-refractivity contribution < 1.29 is 14.2 Å².